The van der Waals surface area contributed by atoms with E-state index in [0.29, 0.717) is 16.9 Å². The number of nitro benzene ring substituents is 1. The Morgan fingerprint density at radius 1 is 1.12 bits per heavy atom. The molecule has 0 spiro atoms. The molecule has 0 amide bonds. The summed E-state index contributed by atoms with van der Waals surface area (Å²) in [6.07, 6.45) is 0. The molecule has 0 radical (unpaired) electrons. The average Bonchev–Trinajstić information content (AvgIpc) is 2.64. The second-order valence-corrected chi connectivity index (χ2v) is 5.33. The minimum atomic E-state index is -0.633. The number of ether oxygens (including phenoxy) is 2. The first-order chi connectivity index (χ1) is 12.5. The molecule has 3 aromatic rings. The van der Waals surface area contributed by atoms with Crippen LogP contribution in [0.4, 0.5) is 5.69 Å². The molecule has 26 heavy (non-hydrogen) atoms. The molecule has 0 bridgehead atoms. The van der Waals surface area contributed by atoms with Crippen molar-refractivity contribution in [2.45, 2.75) is 6.61 Å². The Kier molecular flexibility index (Phi) is 4.93. The van der Waals surface area contributed by atoms with E-state index in [0.717, 1.165) is 5.39 Å². The molecular weight excluding hydrogens is 342 g/mol. The fourth-order valence-corrected chi connectivity index (χ4v) is 2.24. The normalized spacial score (nSPS) is 10.5. The first kappa shape index (κ1) is 17.2. The van der Waals surface area contributed by atoms with Gasteiger partial charge in [-0.25, -0.2) is 9.59 Å². The SMILES string of the molecule is O=C(COc1ccc2ccc(=O)oc2c1)OCc1cccc([N+](=O)[O-])c1. The fraction of sp³-hybridized carbons (Fsp3) is 0.111. The largest absolute Gasteiger partial charge is 0.482 e. The number of carbonyl (C=O) groups is 1. The molecule has 0 fully saturated rings. The van der Waals surface area contributed by atoms with Gasteiger partial charge in [0.1, 0.15) is 17.9 Å². The van der Waals surface area contributed by atoms with Crippen molar-refractivity contribution in [3.05, 3.63) is 80.7 Å². The number of nitrogens with zero attached hydrogens (tertiary/aromatic N) is 1. The van der Waals surface area contributed by atoms with Crippen LogP contribution >= 0.6 is 0 Å². The Bertz CT molecular complexity index is 1030. The van der Waals surface area contributed by atoms with Gasteiger partial charge in [-0.2, -0.15) is 0 Å². The Hall–Kier alpha value is -3.68. The molecule has 3 rings (SSSR count). The lowest BCUT2D eigenvalue weighted by molar-refractivity contribution is -0.384. The summed E-state index contributed by atoms with van der Waals surface area (Å²) in [6, 6.07) is 13.6. The maximum absolute atomic E-state index is 11.8. The number of hydrogen-bond donors (Lipinski definition) is 0. The van der Waals surface area contributed by atoms with Gasteiger partial charge in [0.15, 0.2) is 6.61 Å². The highest BCUT2D eigenvalue weighted by Crippen LogP contribution is 2.19. The lowest BCUT2D eigenvalue weighted by Crippen LogP contribution is -2.14. The quantitative estimate of drug-likeness (QED) is 0.289. The van der Waals surface area contributed by atoms with Crippen molar-refractivity contribution in [3.63, 3.8) is 0 Å². The van der Waals surface area contributed by atoms with Crippen LogP contribution in [0.2, 0.25) is 0 Å². The van der Waals surface area contributed by atoms with Gasteiger partial charge in [-0.05, 0) is 23.8 Å². The highest BCUT2D eigenvalue weighted by molar-refractivity contribution is 5.78. The van der Waals surface area contributed by atoms with Crippen LogP contribution in [0.5, 0.6) is 5.75 Å². The first-order valence-corrected chi connectivity index (χ1v) is 7.57. The van der Waals surface area contributed by atoms with Gasteiger partial charge in [0, 0.05) is 29.7 Å². The summed E-state index contributed by atoms with van der Waals surface area (Å²) in [7, 11) is 0. The molecule has 1 heterocycles. The van der Waals surface area contributed by atoms with Crippen LogP contribution in [0.15, 0.2) is 63.8 Å². The van der Waals surface area contributed by atoms with Gasteiger partial charge >= 0.3 is 11.6 Å². The molecule has 0 aliphatic carbocycles. The molecule has 0 aliphatic rings. The molecule has 8 nitrogen and oxygen atoms in total. The summed E-state index contributed by atoms with van der Waals surface area (Å²) in [5, 5.41) is 11.4. The zero-order valence-corrected chi connectivity index (χ0v) is 13.4. The highest BCUT2D eigenvalue weighted by Gasteiger charge is 2.09. The molecule has 0 atom stereocenters. The molecule has 8 heteroatoms. The van der Waals surface area contributed by atoms with Crippen LogP contribution in [0.1, 0.15) is 5.56 Å². The Labute approximate surface area is 146 Å². The van der Waals surface area contributed by atoms with Gasteiger partial charge in [-0.3, -0.25) is 10.1 Å². The lowest BCUT2D eigenvalue weighted by atomic mass is 10.2. The van der Waals surface area contributed by atoms with Gasteiger partial charge in [-0.15, -0.1) is 0 Å². The minimum Gasteiger partial charge on any atom is -0.482 e. The van der Waals surface area contributed by atoms with Gasteiger partial charge in [0.25, 0.3) is 5.69 Å². The second-order valence-electron chi connectivity index (χ2n) is 5.33. The van der Waals surface area contributed by atoms with Gasteiger partial charge in [0.2, 0.25) is 0 Å². The maximum atomic E-state index is 11.8. The third-order valence-electron chi connectivity index (χ3n) is 3.47. The molecule has 0 N–H and O–H groups in total. The van der Waals surface area contributed by atoms with Crippen LogP contribution in [0, 0.1) is 10.1 Å². The number of rotatable bonds is 6. The van der Waals surface area contributed by atoms with Crippen molar-refractivity contribution < 1.29 is 23.6 Å². The Balaban J connectivity index is 1.56. The summed E-state index contributed by atoms with van der Waals surface area (Å²) in [4.78, 5) is 33.2. The number of fused-ring (bicyclic) bond motifs is 1. The highest BCUT2D eigenvalue weighted by atomic mass is 16.6. The molecule has 0 saturated carbocycles. The topological polar surface area (TPSA) is 109 Å². The zero-order valence-electron chi connectivity index (χ0n) is 13.4. The molecule has 2 aromatic carbocycles. The van der Waals surface area contributed by atoms with E-state index in [1.54, 1.807) is 24.3 Å². The van der Waals surface area contributed by atoms with Crippen LogP contribution in [-0.2, 0) is 16.1 Å². The van der Waals surface area contributed by atoms with E-state index in [1.165, 1.54) is 30.3 Å². The van der Waals surface area contributed by atoms with E-state index in [9.17, 15) is 19.7 Å². The number of carbonyl (C=O) groups excluding carboxylic acids is 1. The monoisotopic (exact) mass is 355 g/mol. The molecule has 0 aliphatic heterocycles. The third kappa shape index (κ3) is 4.23. The van der Waals surface area contributed by atoms with Crippen molar-refractivity contribution in [1.82, 2.24) is 0 Å². The molecule has 0 saturated heterocycles. The number of esters is 1. The van der Waals surface area contributed by atoms with Crippen LogP contribution in [-0.4, -0.2) is 17.5 Å². The minimum absolute atomic E-state index is 0.0764. The fourth-order valence-electron chi connectivity index (χ4n) is 2.24. The van der Waals surface area contributed by atoms with E-state index in [4.69, 9.17) is 13.9 Å². The van der Waals surface area contributed by atoms with Crippen LogP contribution in [0.25, 0.3) is 11.0 Å². The summed E-state index contributed by atoms with van der Waals surface area (Å²) < 4.78 is 15.4. The predicted molar refractivity (Wildman–Crippen MR) is 90.9 cm³/mol. The molecule has 1 aromatic heterocycles. The maximum Gasteiger partial charge on any atom is 0.344 e. The van der Waals surface area contributed by atoms with E-state index in [1.807, 2.05) is 0 Å². The summed E-state index contributed by atoms with van der Waals surface area (Å²) in [6.45, 7) is -0.450. The van der Waals surface area contributed by atoms with Crippen molar-refractivity contribution >= 4 is 22.6 Å². The van der Waals surface area contributed by atoms with Crippen molar-refractivity contribution in [2.75, 3.05) is 6.61 Å². The molecule has 132 valence electrons. The number of nitro groups is 1. The molecular formula is C18H13NO7. The summed E-state index contributed by atoms with van der Waals surface area (Å²) in [5.74, 6) is -0.287. The number of hydrogen-bond acceptors (Lipinski definition) is 7. The first-order valence-electron chi connectivity index (χ1n) is 7.57. The van der Waals surface area contributed by atoms with E-state index >= 15 is 0 Å². The van der Waals surface area contributed by atoms with Crippen molar-refractivity contribution in [2.24, 2.45) is 0 Å². The van der Waals surface area contributed by atoms with Gasteiger partial charge in [0.05, 0.1) is 4.92 Å². The smallest absolute Gasteiger partial charge is 0.344 e. The predicted octanol–water partition coefficient (Wildman–Crippen LogP) is 2.82. The lowest BCUT2D eigenvalue weighted by Gasteiger charge is -2.07. The standard InChI is InChI=1S/C18H13NO7/c20-17-7-5-13-4-6-15(9-16(13)26-17)24-11-18(21)25-10-12-2-1-3-14(8-12)19(22)23/h1-9H,10-11H2. The van der Waals surface area contributed by atoms with Crippen molar-refractivity contribution in [3.8, 4) is 5.75 Å². The Morgan fingerprint density at radius 3 is 2.73 bits per heavy atom. The Morgan fingerprint density at radius 2 is 1.92 bits per heavy atom. The van der Waals surface area contributed by atoms with Crippen molar-refractivity contribution in [1.29, 1.82) is 0 Å². The van der Waals surface area contributed by atoms with Crippen LogP contribution < -0.4 is 10.4 Å². The van der Waals surface area contributed by atoms with Gasteiger partial charge < -0.3 is 13.9 Å². The third-order valence-corrected chi connectivity index (χ3v) is 3.47. The second kappa shape index (κ2) is 7.47. The van der Waals surface area contributed by atoms with E-state index in [2.05, 4.69) is 0 Å². The van der Waals surface area contributed by atoms with Gasteiger partial charge in [-0.1, -0.05) is 12.1 Å². The molecule has 0 unspecified atom stereocenters. The van der Waals surface area contributed by atoms with E-state index < -0.39 is 16.5 Å². The average molecular weight is 355 g/mol. The zero-order chi connectivity index (χ0) is 18.5. The summed E-state index contributed by atoms with van der Waals surface area (Å²) in [5.41, 5.74) is 0.290. The number of benzene rings is 2. The summed E-state index contributed by atoms with van der Waals surface area (Å²) >= 11 is 0. The number of non-ortho nitro benzene ring substituents is 1. The van der Waals surface area contributed by atoms with E-state index in [-0.39, 0.29) is 18.9 Å². The van der Waals surface area contributed by atoms with Crippen LogP contribution in [0.3, 0.4) is 0 Å².